The van der Waals surface area contributed by atoms with Gasteiger partial charge in [-0.2, -0.15) is 0 Å². The van der Waals surface area contributed by atoms with E-state index in [2.05, 4.69) is 41.1 Å². The Kier molecular flexibility index (Phi) is 3.49. The van der Waals surface area contributed by atoms with Gasteiger partial charge in [0.05, 0.1) is 11.3 Å². The number of amides is 1. The number of hydrogen-bond donors (Lipinski definition) is 1. The summed E-state index contributed by atoms with van der Waals surface area (Å²) in [5.41, 5.74) is 3.76. The third kappa shape index (κ3) is 2.35. The van der Waals surface area contributed by atoms with E-state index in [1.807, 2.05) is 12.3 Å². The standard InChI is InChI=1S/C18H20N2OS/c1-12-6-7-13-11-17(22-16(13)10-12)18(21)20-9-3-5-15(20)14-4-2-8-19-14/h2,4,6-8,10,15,17,19H,3,5,9,11H2,1H3/t15-,17+/m1/s1. The number of carbonyl (C=O) groups is 1. The second-order valence-electron chi connectivity index (χ2n) is 6.24. The summed E-state index contributed by atoms with van der Waals surface area (Å²) in [6, 6.07) is 10.9. The van der Waals surface area contributed by atoms with Crippen LogP contribution in [0.2, 0.25) is 0 Å². The lowest BCUT2D eigenvalue weighted by Gasteiger charge is -2.26. The van der Waals surface area contributed by atoms with Gasteiger partial charge in [-0.25, -0.2) is 0 Å². The summed E-state index contributed by atoms with van der Waals surface area (Å²) in [5.74, 6) is 0.302. The van der Waals surface area contributed by atoms with E-state index >= 15 is 0 Å². The van der Waals surface area contributed by atoms with Crippen molar-refractivity contribution < 1.29 is 4.79 Å². The Bertz CT molecular complexity index is 695. The molecule has 1 N–H and O–H groups in total. The Morgan fingerprint density at radius 3 is 3.09 bits per heavy atom. The molecule has 0 aliphatic carbocycles. The molecule has 114 valence electrons. The highest BCUT2D eigenvalue weighted by atomic mass is 32.2. The molecule has 3 heterocycles. The van der Waals surface area contributed by atoms with Crippen LogP contribution in [0.3, 0.4) is 0 Å². The second kappa shape index (κ2) is 5.51. The predicted octanol–water partition coefficient (Wildman–Crippen LogP) is 3.70. The number of nitrogens with zero attached hydrogens (tertiary/aromatic N) is 1. The molecule has 1 amide bonds. The van der Waals surface area contributed by atoms with Crippen molar-refractivity contribution in [2.45, 2.75) is 42.4 Å². The largest absolute Gasteiger partial charge is 0.363 e. The van der Waals surface area contributed by atoms with Crippen molar-refractivity contribution >= 4 is 17.7 Å². The molecule has 4 rings (SSSR count). The summed E-state index contributed by atoms with van der Waals surface area (Å²) in [6.07, 6.45) is 4.97. The number of carbonyl (C=O) groups excluding carboxylic acids is 1. The van der Waals surface area contributed by atoms with Gasteiger partial charge in [0.25, 0.3) is 0 Å². The van der Waals surface area contributed by atoms with Crippen molar-refractivity contribution in [1.82, 2.24) is 9.88 Å². The maximum atomic E-state index is 13.0. The van der Waals surface area contributed by atoms with Gasteiger partial charge in [-0.3, -0.25) is 4.79 Å². The molecular weight excluding hydrogens is 292 g/mol. The van der Waals surface area contributed by atoms with Crippen LogP contribution in [0.15, 0.2) is 41.4 Å². The van der Waals surface area contributed by atoms with Gasteiger partial charge in [-0.15, -0.1) is 11.8 Å². The van der Waals surface area contributed by atoms with Gasteiger partial charge in [0.15, 0.2) is 0 Å². The number of likely N-dealkylation sites (tertiary alicyclic amines) is 1. The van der Waals surface area contributed by atoms with Crippen LogP contribution in [0.1, 0.15) is 35.7 Å². The number of thioether (sulfide) groups is 1. The van der Waals surface area contributed by atoms with Gasteiger partial charge >= 0.3 is 0 Å². The Labute approximate surface area is 135 Å². The van der Waals surface area contributed by atoms with Crippen LogP contribution in [0.5, 0.6) is 0 Å². The summed E-state index contributed by atoms with van der Waals surface area (Å²) in [5, 5.41) is 0.0485. The van der Waals surface area contributed by atoms with Gasteiger partial charge in [0.2, 0.25) is 5.91 Å². The first-order valence-corrected chi connectivity index (χ1v) is 8.80. The normalized spacial score (nSPS) is 23.8. The molecule has 0 saturated carbocycles. The summed E-state index contributed by atoms with van der Waals surface area (Å²) >= 11 is 1.74. The van der Waals surface area contributed by atoms with Crippen LogP contribution in [-0.4, -0.2) is 27.6 Å². The number of aromatic amines is 1. The van der Waals surface area contributed by atoms with Crippen LogP contribution in [0.25, 0.3) is 0 Å². The first-order valence-electron chi connectivity index (χ1n) is 7.92. The second-order valence-corrected chi connectivity index (χ2v) is 7.48. The zero-order chi connectivity index (χ0) is 15.1. The predicted molar refractivity (Wildman–Crippen MR) is 89.0 cm³/mol. The van der Waals surface area contributed by atoms with Crippen LogP contribution in [0, 0.1) is 6.92 Å². The molecule has 1 aromatic carbocycles. The summed E-state index contributed by atoms with van der Waals surface area (Å²) in [7, 11) is 0. The quantitative estimate of drug-likeness (QED) is 0.918. The molecule has 2 aliphatic heterocycles. The van der Waals surface area contributed by atoms with Gasteiger partial charge in [0.1, 0.15) is 0 Å². The van der Waals surface area contributed by atoms with Crippen molar-refractivity contribution in [3.63, 3.8) is 0 Å². The molecule has 1 saturated heterocycles. The molecule has 22 heavy (non-hydrogen) atoms. The fraction of sp³-hybridized carbons (Fsp3) is 0.389. The third-order valence-corrected chi connectivity index (χ3v) is 5.98. The molecule has 4 heteroatoms. The van der Waals surface area contributed by atoms with Crippen molar-refractivity contribution in [1.29, 1.82) is 0 Å². The van der Waals surface area contributed by atoms with Crippen LogP contribution < -0.4 is 0 Å². The lowest BCUT2D eigenvalue weighted by atomic mass is 10.1. The lowest BCUT2D eigenvalue weighted by Crippen LogP contribution is -2.37. The SMILES string of the molecule is Cc1ccc2c(c1)S[C@H](C(=O)N1CCC[C@@H]1c1ccc[nH]1)C2. The molecule has 0 unspecified atom stereocenters. The van der Waals surface area contributed by atoms with E-state index in [4.69, 9.17) is 0 Å². The maximum Gasteiger partial charge on any atom is 0.236 e. The van der Waals surface area contributed by atoms with Crippen LogP contribution >= 0.6 is 11.8 Å². The molecule has 2 aliphatic rings. The zero-order valence-electron chi connectivity index (χ0n) is 12.7. The first kappa shape index (κ1) is 13.9. The minimum Gasteiger partial charge on any atom is -0.363 e. The number of aromatic nitrogens is 1. The first-order chi connectivity index (χ1) is 10.7. The molecule has 2 atom stereocenters. The van der Waals surface area contributed by atoms with Crippen molar-refractivity contribution in [2.75, 3.05) is 6.54 Å². The van der Waals surface area contributed by atoms with E-state index in [-0.39, 0.29) is 11.3 Å². The van der Waals surface area contributed by atoms with Gasteiger partial charge in [0, 0.05) is 23.3 Å². The number of hydrogen-bond acceptors (Lipinski definition) is 2. The molecule has 0 spiro atoms. The molecule has 1 aromatic heterocycles. The minimum atomic E-state index is 0.0485. The summed E-state index contributed by atoms with van der Waals surface area (Å²) < 4.78 is 0. The smallest absolute Gasteiger partial charge is 0.236 e. The molecule has 2 aromatic rings. The van der Waals surface area contributed by atoms with E-state index < -0.39 is 0 Å². The Hall–Kier alpha value is -1.68. The maximum absolute atomic E-state index is 13.0. The summed E-state index contributed by atoms with van der Waals surface area (Å²) in [6.45, 7) is 2.99. The van der Waals surface area contributed by atoms with E-state index in [0.29, 0.717) is 5.91 Å². The van der Waals surface area contributed by atoms with Crippen molar-refractivity contribution in [3.8, 4) is 0 Å². The highest BCUT2D eigenvalue weighted by molar-refractivity contribution is 8.01. The monoisotopic (exact) mass is 312 g/mol. The van der Waals surface area contributed by atoms with Crippen LogP contribution in [0.4, 0.5) is 0 Å². The fourth-order valence-corrected chi connectivity index (χ4v) is 4.93. The molecule has 3 nitrogen and oxygen atoms in total. The highest BCUT2D eigenvalue weighted by Crippen LogP contribution is 2.41. The lowest BCUT2D eigenvalue weighted by molar-refractivity contribution is -0.131. The Balaban J connectivity index is 1.53. The number of rotatable bonds is 2. The number of benzene rings is 1. The molecular formula is C18H20N2OS. The number of nitrogens with one attached hydrogen (secondary N) is 1. The zero-order valence-corrected chi connectivity index (χ0v) is 13.5. The topological polar surface area (TPSA) is 36.1 Å². The minimum absolute atomic E-state index is 0.0485. The van der Waals surface area contributed by atoms with E-state index in [1.54, 1.807) is 11.8 Å². The Morgan fingerprint density at radius 2 is 2.27 bits per heavy atom. The van der Waals surface area contributed by atoms with Crippen molar-refractivity contribution in [2.24, 2.45) is 0 Å². The number of H-pyrrole nitrogens is 1. The number of fused-ring (bicyclic) bond motifs is 1. The van der Waals surface area contributed by atoms with Crippen molar-refractivity contribution in [3.05, 3.63) is 53.3 Å². The molecule has 0 bridgehead atoms. The average molecular weight is 312 g/mol. The van der Waals surface area contributed by atoms with Gasteiger partial charge in [-0.1, -0.05) is 17.7 Å². The van der Waals surface area contributed by atoms with Gasteiger partial charge in [-0.05, 0) is 49.9 Å². The number of aryl methyl sites for hydroxylation is 1. The molecule has 0 radical (unpaired) electrons. The van der Waals surface area contributed by atoms with E-state index in [1.165, 1.54) is 21.7 Å². The van der Waals surface area contributed by atoms with Crippen LogP contribution in [-0.2, 0) is 11.2 Å². The van der Waals surface area contributed by atoms with Gasteiger partial charge < -0.3 is 9.88 Å². The van der Waals surface area contributed by atoms with E-state index in [9.17, 15) is 4.79 Å². The average Bonchev–Trinajstić information content (AvgIpc) is 3.24. The molecule has 1 fully saturated rings. The highest BCUT2D eigenvalue weighted by Gasteiger charge is 2.37. The fourth-order valence-electron chi connectivity index (χ4n) is 3.56. The summed E-state index contributed by atoms with van der Waals surface area (Å²) in [4.78, 5) is 19.6. The van der Waals surface area contributed by atoms with E-state index in [0.717, 1.165) is 25.8 Å². The Morgan fingerprint density at radius 1 is 1.36 bits per heavy atom. The third-order valence-electron chi connectivity index (χ3n) is 4.69.